The predicted octanol–water partition coefficient (Wildman–Crippen LogP) is 2.82. The molecule has 0 fully saturated rings. The molecule has 2 amide bonds. The molecule has 0 aliphatic rings. The van der Waals surface area contributed by atoms with Crippen LogP contribution in [0.25, 0.3) is 0 Å². The van der Waals surface area contributed by atoms with Gasteiger partial charge in [0.15, 0.2) is 0 Å². The Morgan fingerprint density at radius 1 is 1.13 bits per heavy atom. The number of benzene rings is 2. The van der Waals surface area contributed by atoms with Crippen LogP contribution in [0.4, 0.5) is 5.69 Å². The van der Waals surface area contributed by atoms with Crippen LogP contribution in [0.3, 0.4) is 0 Å². The average molecular weight is 454 g/mol. The maximum Gasteiger partial charge on any atom is 0.308 e. The molecule has 1 atom stereocenters. The molecule has 0 bridgehead atoms. The second-order valence-corrected chi connectivity index (χ2v) is 7.16. The minimum atomic E-state index is -0.773. The van der Waals surface area contributed by atoms with Crippen molar-refractivity contribution in [3.05, 3.63) is 57.6 Å². The Morgan fingerprint density at radius 3 is 2.43 bits per heavy atom. The number of amides is 2. The number of nitrogens with one attached hydrogen (secondary N) is 2. The molecule has 0 aromatic heterocycles. The summed E-state index contributed by atoms with van der Waals surface area (Å²) in [6, 6.07) is 7.90. The number of phenols is 1. The number of ether oxygens (including phenoxy) is 1. The van der Waals surface area contributed by atoms with Crippen LogP contribution < -0.4 is 16.4 Å². The van der Waals surface area contributed by atoms with Gasteiger partial charge in [-0.05, 0) is 48.9 Å². The molecule has 0 radical (unpaired) electrons. The minimum Gasteiger partial charge on any atom is -0.507 e. The second kappa shape index (κ2) is 10.7. The molecule has 0 saturated heterocycles. The first-order chi connectivity index (χ1) is 14.2. The molecule has 0 aliphatic heterocycles. The van der Waals surface area contributed by atoms with Gasteiger partial charge in [-0.25, -0.2) is 0 Å². The summed E-state index contributed by atoms with van der Waals surface area (Å²) in [4.78, 5) is 36.6. The molecule has 2 rings (SSSR count). The van der Waals surface area contributed by atoms with Crippen LogP contribution >= 0.6 is 23.2 Å². The maximum atomic E-state index is 12.4. The molecule has 0 heterocycles. The van der Waals surface area contributed by atoms with E-state index >= 15 is 0 Å². The zero-order valence-corrected chi connectivity index (χ0v) is 17.6. The first-order valence-corrected chi connectivity index (χ1v) is 9.72. The van der Waals surface area contributed by atoms with Gasteiger partial charge >= 0.3 is 5.97 Å². The van der Waals surface area contributed by atoms with Gasteiger partial charge in [0.25, 0.3) is 5.91 Å². The van der Waals surface area contributed by atoms with Crippen LogP contribution in [0, 0.1) is 0 Å². The topological polar surface area (TPSA) is 131 Å². The highest BCUT2D eigenvalue weighted by atomic mass is 35.5. The van der Waals surface area contributed by atoms with Gasteiger partial charge < -0.3 is 26.2 Å². The van der Waals surface area contributed by atoms with E-state index in [2.05, 4.69) is 10.6 Å². The van der Waals surface area contributed by atoms with Crippen LogP contribution in [0.5, 0.6) is 5.75 Å². The van der Waals surface area contributed by atoms with Crippen molar-refractivity contribution in [2.24, 2.45) is 0 Å². The molecular formula is C20H21Cl2N3O5. The van der Waals surface area contributed by atoms with E-state index in [0.29, 0.717) is 15.6 Å². The van der Waals surface area contributed by atoms with E-state index in [4.69, 9.17) is 33.7 Å². The van der Waals surface area contributed by atoms with Gasteiger partial charge in [-0.3, -0.25) is 14.4 Å². The average Bonchev–Trinajstić information content (AvgIpc) is 2.67. The van der Waals surface area contributed by atoms with Gasteiger partial charge in [-0.15, -0.1) is 0 Å². The summed E-state index contributed by atoms with van der Waals surface area (Å²) in [5, 5.41) is 15.5. The Bertz CT molecular complexity index is 932. The summed E-state index contributed by atoms with van der Waals surface area (Å²) in [6.45, 7) is 1.46. The number of nitrogens with two attached hydrogens (primary N) is 1. The van der Waals surface area contributed by atoms with Crippen molar-refractivity contribution < 1.29 is 24.2 Å². The van der Waals surface area contributed by atoms with E-state index in [1.54, 1.807) is 19.1 Å². The number of carbonyl (C=O) groups excluding carboxylic acids is 3. The molecular weight excluding hydrogens is 433 g/mol. The number of halogens is 2. The van der Waals surface area contributed by atoms with Gasteiger partial charge in [-0.2, -0.15) is 0 Å². The second-order valence-electron chi connectivity index (χ2n) is 6.29. The summed E-state index contributed by atoms with van der Waals surface area (Å²) >= 11 is 12.0. The Kier molecular flexibility index (Phi) is 8.32. The van der Waals surface area contributed by atoms with E-state index in [1.165, 1.54) is 24.3 Å². The molecule has 2 aromatic carbocycles. The lowest BCUT2D eigenvalue weighted by molar-refractivity contribution is -0.143. The molecule has 5 N–H and O–H groups in total. The van der Waals surface area contributed by atoms with Gasteiger partial charge in [0.1, 0.15) is 5.75 Å². The lowest BCUT2D eigenvalue weighted by Gasteiger charge is -2.19. The van der Waals surface area contributed by atoms with Crippen molar-refractivity contribution >= 4 is 46.7 Å². The van der Waals surface area contributed by atoms with E-state index in [-0.39, 0.29) is 30.0 Å². The van der Waals surface area contributed by atoms with Crippen molar-refractivity contribution in [3.8, 4) is 5.75 Å². The van der Waals surface area contributed by atoms with Gasteiger partial charge in [-0.1, -0.05) is 23.2 Å². The monoisotopic (exact) mass is 453 g/mol. The van der Waals surface area contributed by atoms with E-state index in [9.17, 15) is 19.5 Å². The number of hydrogen-bond acceptors (Lipinski definition) is 6. The molecule has 10 heteroatoms. The molecule has 1 unspecified atom stereocenters. The highest BCUT2D eigenvalue weighted by molar-refractivity contribution is 6.34. The maximum absolute atomic E-state index is 12.4. The lowest BCUT2D eigenvalue weighted by atomic mass is 10.0. The van der Waals surface area contributed by atoms with Gasteiger partial charge in [0.05, 0.1) is 31.2 Å². The Balaban J connectivity index is 2.08. The number of esters is 1. The fraction of sp³-hybridized carbons (Fsp3) is 0.250. The third kappa shape index (κ3) is 6.82. The van der Waals surface area contributed by atoms with Crippen LogP contribution in [-0.2, 0) is 14.3 Å². The summed E-state index contributed by atoms with van der Waals surface area (Å²) in [7, 11) is 0. The highest BCUT2D eigenvalue weighted by Crippen LogP contribution is 2.26. The Hall–Kier alpha value is -2.97. The standard InChI is InChI=1S/C20H21Cl2N3O5/c1-2-30-19(28)9-16(11-5-12(21)7-13(22)6-11)25-18(27)10-24-20(29)15-8-14(23)3-4-17(15)26/h3-8,16,26H,2,9-10,23H2,1H3,(H,24,29)(H,25,27). The number of rotatable bonds is 8. The van der Waals surface area contributed by atoms with Crippen LogP contribution in [0.2, 0.25) is 10.0 Å². The number of carbonyl (C=O) groups is 3. The predicted molar refractivity (Wildman–Crippen MR) is 113 cm³/mol. The SMILES string of the molecule is CCOC(=O)CC(NC(=O)CNC(=O)c1cc(N)ccc1O)c1cc(Cl)cc(Cl)c1. The van der Waals surface area contributed by atoms with E-state index in [1.807, 2.05) is 0 Å². The number of anilines is 1. The van der Waals surface area contributed by atoms with Crippen molar-refractivity contribution in [1.29, 1.82) is 0 Å². The molecule has 2 aromatic rings. The fourth-order valence-corrected chi connectivity index (χ4v) is 3.19. The lowest BCUT2D eigenvalue weighted by Crippen LogP contribution is -2.39. The summed E-state index contributed by atoms with van der Waals surface area (Å²) in [6.07, 6.45) is -0.153. The molecule has 30 heavy (non-hydrogen) atoms. The van der Waals surface area contributed by atoms with Gasteiger partial charge in [0, 0.05) is 15.7 Å². The van der Waals surface area contributed by atoms with Crippen LogP contribution in [0.1, 0.15) is 35.3 Å². The molecule has 8 nitrogen and oxygen atoms in total. The fourth-order valence-electron chi connectivity index (χ4n) is 2.65. The quantitative estimate of drug-likeness (QED) is 0.276. The molecule has 0 saturated carbocycles. The zero-order chi connectivity index (χ0) is 22.3. The van der Waals surface area contributed by atoms with Crippen molar-refractivity contribution in [2.75, 3.05) is 18.9 Å². The van der Waals surface area contributed by atoms with Crippen molar-refractivity contribution in [1.82, 2.24) is 10.6 Å². The van der Waals surface area contributed by atoms with Gasteiger partial charge in [0.2, 0.25) is 5.91 Å². The first kappa shape index (κ1) is 23.3. The highest BCUT2D eigenvalue weighted by Gasteiger charge is 2.21. The Labute approximate surface area is 183 Å². The van der Waals surface area contributed by atoms with E-state index < -0.39 is 30.4 Å². The van der Waals surface area contributed by atoms with Crippen LogP contribution in [0.15, 0.2) is 36.4 Å². The summed E-state index contributed by atoms with van der Waals surface area (Å²) < 4.78 is 4.95. The smallest absolute Gasteiger partial charge is 0.308 e. The van der Waals surface area contributed by atoms with Crippen molar-refractivity contribution in [3.63, 3.8) is 0 Å². The largest absolute Gasteiger partial charge is 0.507 e. The third-order valence-electron chi connectivity index (χ3n) is 3.97. The number of nitrogen functional groups attached to an aromatic ring is 1. The summed E-state index contributed by atoms with van der Waals surface area (Å²) in [5.74, 6) is -2.04. The molecule has 160 valence electrons. The van der Waals surface area contributed by atoms with Crippen molar-refractivity contribution in [2.45, 2.75) is 19.4 Å². The van der Waals surface area contributed by atoms with E-state index in [0.717, 1.165) is 0 Å². The molecule has 0 spiro atoms. The zero-order valence-electron chi connectivity index (χ0n) is 16.1. The van der Waals surface area contributed by atoms with Crippen LogP contribution in [-0.4, -0.2) is 36.0 Å². The summed E-state index contributed by atoms with van der Waals surface area (Å²) in [5.41, 5.74) is 6.34. The number of hydrogen-bond donors (Lipinski definition) is 4. The molecule has 0 aliphatic carbocycles. The minimum absolute atomic E-state index is 0.0625. The number of phenolic OH excluding ortho intramolecular Hbond substituents is 1. The normalized spacial score (nSPS) is 11.4. The first-order valence-electron chi connectivity index (χ1n) is 8.97. The Morgan fingerprint density at radius 2 is 1.80 bits per heavy atom. The third-order valence-corrected chi connectivity index (χ3v) is 4.41. The number of aromatic hydroxyl groups is 1.